The van der Waals surface area contributed by atoms with E-state index in [1.165, 1.54) is 0 Å². The van der Waals surface area contributed by atoms with Crippen LogP contribution in [0.15, 0.2) is 0 Å². The molecule has 0 bridgehead atoms. The van der Waals surface area contributed by atoms with Crippen molar-refractivity contribution >= 4 is 18.2 Å². The maximum Gasteiger partial charge on any atom is 0.420 e. The molecule has 3 atom stereocenters. The molecule has 1 fully saturated rings. The van der Waals surface area contributed by atoms with Crippen LogP contribution in [0.5, 0.6) is 0 Å². The molecule has 0 aromatic heterocycles. The number of esters is 1. The fraction of sp³-hybridized carbons (Fsp3) is 0.850. The first-order valence-electron chi connectivity index (χ1n) is 9.63. The molecule has 0 aromatic carbocycles. The number of nitrogens with two attached hydrogens (primary N) is 1. The van der Waals surface area contributed by atoms with Crippen LogP contribution in [0.4, 0.5) is 9.59 Å². The highest BCUT2D eigenvalue weighted by molar-refractivity contribution is 5.89. The molecule has 2 N–H and O–H groups in total. The SMILES string of the molecule is CC(C)(C)OC(=O)[C@@H](N)C[C@H]1C[C@@H]1N(C(=O)OC(C)(C)C)C(=O)OC(C)(C)C. The summed E-state index contributed by atoms with van der Waals surface area (Å²) >= 11 is 0. The lowest BCUT2D eigenvalue weighted by Crippen LogP contribution is -2.45. The van der Waals surface area contributed by atoms with Crippen LogP contribution in [0.2, 0.25) is 0 Å². The maximum atomic E-state index is 12.6. The first kappa shape index (κ1) is 24.2. The summed E-state index contributed by atoms with van der Waals surface area (Å²) in [4.78, 5) is 38.3. The van der Waals surface area contributed by atoms with Crippen LogP contribution in [0.1, 0.15) is 75.2 Å². The Balaban J connectivity index is 2.83. The zero-order chi connectivity index (χ0) is 22.1. The molecule has 162 valence electrons. The summed E-state index contributed by atoms with van der Waals surface area (Å²) in [6, 6.07) is -1.24. The van der Waals surface area contributed by atoms with Crippen molar-refractivity contribution in [3.63, 3.8) is 0 Å². The maximum absolute atomic E-state index is 12.6. The molecule has 28 heavy (non-hydrogen) atoms. The first-order valence-corrected chi connectivity index (χ1v) is 9.63. The number of amides is 2. The smallest absolute Gasteiger partial charge is 0.420 e. The zero-order valence-corrected chi connectivity index (χ0v) is 18.6. The largest absolute Gasteiger partial charge is 0.459 e. The van der Waals surface area contributed by atoms with Gasteiger partial charge in [-0.25, -0.2) is 14.5 Å². The van der Waals surface area contributed by atoms with E-state index in [-0.39, 0.29) is 5.92 Å². The van der Waals surface area contributed by atoms with Gasteiger partial charge in [-0.15, -0.1) is 0 Å². The standard InChI is InChI=1S/C20H36N2O6/c1-18(2,3)26-15(23)13(21)10-12-11-14(12)22(16(24)27-19(4,5)6)17(25)28-20(7,8)9/h12-14H,10-11,21H2,1-9H3/t12-,13-,14-/m0/s1. The monoisotopic (exact) mass is 400 g/mol. The summed E-state index contributed by atoms with van der Waals surface area (Å²) in [6.07, 6.45) is -0.684. The number of hydrogen-bond donors (Lipinski definition) is 1. The quantitative estimate of drug-likeness (QED) is 0.567. The molecule has 0 saturated heterocycles. The molecule has 8 heteroatoms. The zero-order valence-electron chi connectivity index (χ0n) is 18.6. The number of nitrogens with zero attached hydrogens (tertiary/aromatic N) is 1. The van der Waals surface area contributed by atoms with Gasteiger partial charge in [-0.1, -0.05) is 0 Å². The van der Waals surface area contributed by atoms with E-state index in [0.29, 0.717) is 12.8 Å². The number of ether oxygens (including phenoxy) is 3. The number of carbonyl (C=O) groups excluding carboxylic acids is 3. The Bertz CT molecular complexity index is 569. The molecule has 0 aromatic rings. The molecule has 8 nitrogen and oxygen atoms in total. The van der Waals surface area contributed by atoms with Crippen LogP contribution in [-0.4, -0.2) is 51.9 Å². The van der Waals surface area contributed by atoms with Crippen molar-refractivity contribution in [2.75, 3.05) is 0 Å². The van der Waals surface area contributed by atoms with E-state index in [1.807, 2.05) is 0 Å². The van der Waals surface area contributed by atoms with Crippen LogP contribution < -0.4 is 5.73 Å². The van der Waals surface area contributed by atoms with Gasteiger partial charge in [0.05, 0.1) is 0 Å². The molecule has 1 rings (SSSR count). The molecule has 1 aliphatic rings. The highest BCUT2D eigenvalue weighted by Crippen LogP contribution is 2.40. The van der Waals surface area contributed by atoms with E-state index >= 15 is 0 Å². The fourth-order valence-corrected chi connectivity index (χ4v) is 2.57. The third-order valence-corrected chi connectivity index (χ3v) is 3.66. The summed E-state index contributed by atoms with van der Waals surface area (Å²) in [5.41, 5.74) is 3.82. The highest BCUT2D eigenvalue weighted by Gasteiger charge is 2.50. The Hall–Kier alpha value is -1.83. The Morgan fingerprint density at radius 3 is 1.61 bits per heavy atom. The van der Waals surface area contributed by atoms with Crippen molar-refractivity contribution in [3.05, 3.63) is 0 Å². The lowest BCUT2D eigenvalue weighted by molar-refractivity contribution is -0.156. The van der Waals surface area contributed by atoms with Gasteiger partial charge in [-0.05, 0) is 81.1 Å². The van der Waals surface area contributed by atoms with Gasteiger partial charge in [0.15, 0.2) is 0 Å². The second-order valence-electron chi connectivity index (χ2n) is 10.3. The van der Waals surface area contributed by atoms with Crippen LogP contribution in [0.3, 0.4) is 0 Å². The minimum absolute atomic E-state index is 0.109. The molecule has 0 unspecified atom stereocenters. The van der Waals surface area contributed by atoms with E-state index in [1.54, 1.807) is 62.3 Å². The van der Waals surface area contributed by atoms with Crippen LogP contribution in [0.25, 0.3) is 0 Å². The topological polar surface area (TPSA) is 108 Å². The van der Waals surface area contributed by atoms with Crippen LogP contribution in [0, 0.1) is 5.92 Å². The van der Waals surface area contributed by atoms with Crippen molar-refractivity contribution in [1.82, 2.24) is 4.90 Å². The van der Waals surface area contributed by atoms with Gasteiger partial charge in [0.1, 0.15) is 22.8 Å². The fourth-order valence-electron chi connectivity index (χ4n) is 2.57. The normalized spacial score (nSPS) is 20.8. The second kappa shape index (κ2) is 8.27. The molecule has 1 aliphatic carbocycles. The van der Waals surface area contributed by atoms with E-state index in [9.17, 15) is 14.4 Å². The predicted molar refractivity (Wildman–Crippen MR) is 105 cm³/mol. The molecular weight excluding hydrogens is 364 g/mol. The molecule has 0 spiro atoms. The van der Waals surface area contributed by atoms with Crippen LogP contribution in [-0.2, 0) is 19.0 Å². The van der Waals surface area contributed by atoms with Crippen molar-refractivity contribution < 1.29 is 28.6 Å². The summed E-state index contributed by atoms with van der Waals surface area (Å²) in [7, 11) is 0. The summed E-state index contributed by atoms with van der Waals surface area (Å²) in [6.45, 7) is 15.6. The summed E-state index contributed by atoms with van der Waals surface area (Å²) in [5.74, 6) is -0.609. The van der Waals surface area contributed by atoms with Gasteiger partial charge in [0.25, 0.3) is 0 Å². The summed E-state index contributed by atoms with van der Waals surface area (Å²) in [5, 5.41) is 0. The number of carbonyl (C=O) groups is 3. The van der Waals surface area contributed by atoms with Crippen molar-refractivity contribution in [3.8, 4) is 0 Å². The predicted octanol–water partition coefficient (Wildman–Crippen LogP) is 3.61. The minimum atomic E-state index is -0.826. The van der Waals surface area contributed by atoms with Crippen LogP contribution >= 0.6 is 0 Å². The number of rotatable bonds is 4. The highest BCUT2D eigenvalue weighted by atomic mass is 16.6. The number of hydrogen-bond acceptors (Lipinski definition) is 7. The Kier molecular flexibility index (Phi) is 7.15. The first-order chi connectivity index (χ1) is 12.4. The Labute approximate surface area is 168 Å². The van der Waals surface area contributed by atoms with Gasteiger partial charge in [-0.2, -0.15) is 0 Å². The van der Waals surface area contributed by atoms with Crippen molar-refractivity contribution in [2.24, 2.45) is 11.7 Å². The Morgan fingerprint density at radius 2 is 1.25 bits per heavy atom. The number of imide groups is 1. The van der Waals surface area contributed by atoms with E-state index in [0.717, 1.165) is 4.90 Å². The van der Waals surface area contributed by atoms with Gasteiger partial charge < -0.3 is 19.9 Å². The third kappa shape index (κ3) is 8.46. The summed E-state index contributed by atoms with van der Waals surface area (Å²) < 4.78 is 16.0. The van der Waals surface area contributed by atoms with E-state index in [2.05, 4.69) is 0 Å². The Morgan fingerprint density at radius 1 is 0.857 bits per heavy atom. The van der Waals surface area contributed by atoms with Gasteiger partial charge in [0.2, 0.25) is 0 Å². The van der Waals surface area contributed by atoms with E-state index < -0.39 is 47.0 Å². The third-order valence-electron chi connectivity index (χ3n) is 3.66. The van der Waals surface area contributed by atoms with Gasteiger partial charge >= 0.3 is 18.2 Å². The molecule has 0 aliphatic heterocycles. The lowest BCUT2D eigenvalue weighted by Gasteiger charge is -2.29. The minimum Gasteiger partial charge on any atom is -0.459 e. The average Bonchev–Trinajstić information content (AvgIpc) is 3.10. The van der Waals surface area contributed by atoms with Crippen molar-refractivity contribution in [2.45, 2.75) is 104 Å². The molecule has 0 radical (unpaired) electrons. The second-order valence-corrected chi connectivity index (χ2v) is 10.3. The lowest BCUT2D eigenvalue weighted by atomic mass is 10.1. The molecule has 1 saturated carbocycles. The molecular formula is C20H36N2O6. The van der Waals surface area contributed by atoms with Gasteiger partial charge in [0, 0.05) is 6.04 Å². The van der Waals surface area contributed by atoms with Gasteiger partial charge in [-0.3, -0.25) is 4.79 Å². The molecule has 2 amide bonds. The average molecular weight is 401 g/mol. The van der Waals surface area contributed by atoms with E-state index in [4.69, 9.17) is 19.9 Å². The van der Waals surface area contributed by atoms with Crippen molar-refractivity contribution in [1.29, 1.82) is 0 Å². The molecule has 0 heterocycles.